The van der Waals surface area contributed by atoms with Crippen molar-refractivity contribution in [2.24, 2.45) is 10.9 Å². The largest absolute Gasteiger partial charge is 0.385 e. The Morgan fingerprint density at radius 2 is 1.72 bits per heavy atom. The second kappa shape index (κ2) is 15.1. The maximum absolute atomic E-state index is 5.99. The minimum Gasteiger partial charge on any atom is -0.385 e. The van der Waals surface area contributed by atoms with Gasteiger partial charge in [-0.2, -0.15) is 0 Å². The van der Waals surface area contributed by atoms with Crippen LogP contribution in [0.25, 0.3) is 0 Å². The predicted octanol–water partition coefficient (Wildman–Crippen LogP) is 3.92. The van der Waals surface area contributed by atoms with Crippen LogP contribution in [-0.4, -0.2) is 82.0 Å². The Kier molecular flexibility index (Phi) is 12.9. The lowest BCUT2D eigenvalue weighted by Crippen LogP contribution is -2.48. The molecule has 0 saturated carbocycles. The van der Waals surface area contributed by atoms with Crippen LogP contribution in [0.5, 0.6) is 0 Å². The first kappa shape index (κ1) is 27.3. The summed E-state index contributed by atoms with van der Waals surface area (Å²) < 4.78 is 11.1. The molecule has 2 fully saturated rings. The first-order valence-electron chi connectivity index (χ1n) is 12.0. The molecule has 0 atom stereocenters. The molecule has 0 unspecified atom stereocenters. The molecule has 1 aromatic rings. The summed E-state index contributed by atoms with van der Waals surface area (Å²) in [6.07, 6.45) is 6.02. The molecular formula is C25H43IN4O2. The Morgan fingerprint density at radius 1 is 1.03 bits per heavy atom. The van der Waals surface area contributed by atoms with E-state index in [1.165, 1.54) is 37.1 Å². The number of nitrogens with zero attached hydrogens (tertiary/aromatic N) is 3. The number of rotatable bonds is 9. The molecule has 7 heteroatoms. The minimum atomic E-state index is 0. The van der Waals surface area contributed by atoms with Crippen molar-refractivity contribution in [3.63, 3.8) is 0 Å². The van der Waals surface area contributed by atoms with Gasteiger partial charge in [-0.25, -0.2) is 0 Å². The summed E-state index contributed by atoms with van der Waals surface area (Å²) in [6, 6.07) is 8.96. The lowest BCUT2D eigenvalue weighted by Gasteiger charge is -2.36. The number of nitrogens with one attached hydrogen (secondary N) is 1. The third-order valence-electron chi connectivity index (χ3n) is 6.58. The lowest BCUT2D eigenvalue weighted by molar-refractivity contribution is 0.00986. The van der Waals surface area contributed by atoms with Crippen molar-refractivity contribution >= 4 is 29.9 Å². The smallest absolute Gasteiger partial charge is 0.193 e. The highest BCUT2D eigenvalue weighted by atomic mass is 127. The van der Waals surface area contributed by atoms with E-state index in [0.717, 1.165) is 70.5 Å². The standard InChI is InChI=1S/C25H42N4O2.HI/c1-21-5-7-23(8-6-21)20-28-13-9-22(10-14-28)19-27-25(26-2)29-15-11-24(12-16-29)31-18-4-17-30-3;/h5-8,22,24H,4,9-20H2,1-3H3,(H,26,27);1H. The van der Waals surface area contributed by atoms with Crippen LogP contribution >= 0.6 is 24.0 Å². The van der Waals surface area contributed by atoms with Gasteiger partial charge in [-0.15, -0.1) is 24.0 Å². The van der Waals surface area contributed by atoms with Crippen LogP contribution in [0, 0.1) is 12.8 Å². The predicted molar refractivity (Wildman–Crippen MR) is 143 cm³/mol. The zero-order chi connectivity index (χ0) is 21.9. The van der Waals surface area contributed by atoms with Gasteiger partial charge in [-0.05, 0) is 63.6 Å². The fourth-order valence-corrected chi connectivity index (χ4v) is 4.56. The van der Waals surface area contributed by atoms with Gasteiger partial charge >= 0.3 is 0 Å². The van der Waals surface area contributed by atoms with Crippen LogP contribution in [-0.2, 0) is 16.0 Å². The highest BCUT2D eigenvalue weighted by molar-refractivity contribution is 14.0. The Labute approximate surface area is 212 Å². The first-order chi connectivity index (χ1) is 15.2. The van der Waals surface area contributed by atoms with Gasteiger partial charge in [0, 0.05) is 53.6 Å². The van der Waals surface area contributed by atoms with Gasteiger partial charge in [0.05, 0.1) is 6.10 Å². The van der Waals surface area contributed by atoms with Crippen LogP contribution in [0.1, 0.15) is 43.2 Å². The van der Waals surface area contributed by atoms with Crippen LogP contribution in [0.4, 0.5) is 0 Å². The van der Waals surface area contributed by atoms with Crippen molar-refractivity contribution in [3.8, 4) is 0 Å². The number of aryl methyl sites for hydroxylation is 1. The molecule has 1 aromatic carbocycles. The lowest BCUT2D eigenvalue weighted by atomic mass is 9.96. The minimum absolute atomic E-state index is 0. The molecule has 2 heterocycles. The quantitative estimate of drug-likeness (QED) is 0.216. The molecule has 0 aromatic heterocycles. The number of likely N-dealkylation sites (tertiary alicyclic amines) is 2. The van der Waals surface area contributed by atoms with E-state index in [-0.39, 0.29) is 24.0 Å². The normalized spacial score (nSPS) is 19.1. The van der Waals surface area contributed by atoms with Crippen molar-refractivity contribution < 1.29 is 9.47 Å². The SMILES string of the molecule is CN=C(NCC1CCN(Cc2ccc(C)cc2)CC1)N1CCC(OCCCOC)CC1.I. The van der Waals surface area contributed by atoms with Crippen molar-refractivity contribution in [1.29, 1.82) is 0 Å². The summed E-state index contributed by atoms with van der Waals surface area (Å²) in [5.41, 5.74) is 2.76. The Bertz CT molecular complexity index is 654. The molecule has 32 heavy (non-hydrogen) atoms. The summed E-state index contributed by atoms with van der Waals surface area (Å²) in [6.45, 7) is 10.2. The van der Waals surface area contributed by atoms with E-state index in [1.54, 1.807) is 7.11 Å². The van der Waals surface area contributed by atoms with E-state index < -0.39 is 0 Å². The molecule has 6 nitrogen and oxygen atoms in total. The third-order valence-corrected chi connectivity index (χ3v) is 6.58. The van der Waals surface area contributed by atoms with Gasteiger partial charge in [0.1, 0.15) is 0 Å². The Morgan fingerprint density at radius 3 is 2.34 bits per heavy atom. The zero-order valence-electron chi connectivity index (χ0n) is 20.2. The van der Waals surface area contributed by atoms with Gasteiger partial charge in [0.25, 0.3) is 0 Å². The fraction of sp³-hybridized carbons (Fsp3) is 0.720. The second-order valence-electron chi connectivity index (χ2n) is 9.04. The van der Waals surface area contributed by atoms with Gasteiger partial charge in [-0.1, -0.05) is 29.8 Å². The van der Waals surface area contributed by atoms with Crippen LogP contribution in [0.2, 0.25) is 0 Å². The van der Waals surface area contributed by atoms with E-state index in [2.05, 4.69) is 51.3 Å². The molecule has 0 aliphatic carbocycles. The molecule has 2 aliphatic rings. The van der Waals surface area contributed by atoms with Gasteiger partial charge in [0.2, 0.25) is 0 Å². The van der Waals surface area contributed by atoms with Crippen molar-refractivity contribution in [3.05, 3.63) is 35.4 Å². The summed E-state index contributed by atoms with van der Waals surface area (Å²) in [4.78, 5) is 9.53. The first-order valence-corrected chi connectivity index (χ1v) is 12.0. The molecule has 2 saturated heterocycles. The van der Waals surface area contributed by atoms with Gasteiger partial charge in [-0.3, -0.25) is 9.89 Å². The van der Waals surface area contributed by atoms with E-state index in [4.69, 9.17) is 9.47 Å². The highest BCUT2D eigenvalue weighted by Crippen LogP contribution is 2.19. The van der Waals surface area contributed by atoms with Crippen molar-refractivity contribution in [2.45, 2.75) is 51.7 Å². The van der Waals surface area contributed by atoms with Gasteiger partial charge in [0.15, 0.2) is 5.96 Å². The van der Waals surface area contributed by atoms with E-state index in [9.17, 15) is 0 Å². The number of ether oxygens (including phenoxy) is 2. The summed E-state index contributed by atoms with van der Waals surface area (Å²) in [5, 5.41) is 3.65. The maximum Gasteiger partial charge on any atom is 0.193 e. The van der Waals surface area contributed by atoms with Crippen LogP contribution in [0.15, 0.2) is 29.3 Å². The van der Waals surface area contributed by atoms with Crippen molar-refractivity contribution in [1.82, 2.24) is 15.1 Å². The molecule has 0 bridgehead atoms. The zero-order valence-corrected chi connectivity index (χ0v) is 22.6. The molecule has 0 spiro atoms. The number of guanidine groups is 1. The van der Waals surface area contributed by atoms with E-state index in [1.807, 2.05) is 7.05 Å². The van der Waals surface area contributed by atoms with E-state index >= 15 is 0 Å². The number of piperidine rings is 2. The molecular weight excluding hydrogens is 515 g/mol. The Hall–Kier alpha value is -0.900. The number of benzene rings is 1. The maximum atomic E-state index is 5.99. The molecule has 0 amide bonds. The van der Waals surface area contributed by atoms with Crippen LogP contribution in [0.3, 0.4) is 0 Å². The average Bonchev–Trinajstić information content (AvgIpc) is 2.80. The molecule has 3 rings (SSSR count). The number of halogens is 1. The summed E-state index contributed by atoms with van der Waals surface area (Å²) in [7, 11) is 3.64. The number of methoxy groups -OCH3 is 1. The molecule has 2 aliphatic heterocycles. The number of hydrogen-bond donors (Lipinski definition) is 1. The monoisotopic (exact) mass is 558 g/mol. The fourth-order valence-electron chi connectivity index (χ4n) is 4.56. The van der Waals surface area contributed by atoms with Crippen LogP contribution < -0.4 is 5.32 Å². The summed E-state index contributed by atoms with van der Waals surface area (Å²) in [5.74, 6) is 1.78. The van der Waals surface area contributed by atoms with E-state index in [0.29, 0.717) is 6.10 Å². The van der Waals surface area contributed by atoms with Crippen molar-refractivity contribution in [2.75, 3.05) is 60.1 Å². The average molecular weight is 559 g/mol. The molecule has 182 valence electrons. The number of hydrogen-bond acceptors (Lipinski definition) is 4. The second-order valence-corrected chi connectivity index (χ2v) is 9.04. The third kappa shape index (κ3) is 9.15. The highest BCUT2D eigenvalue weighted by Gasteiger charge is 2.24. The summed E-state index contributed by atoms with van der Waals surface area (Å²) >= 11 is 0. The molecule has 0 radical (unpaired) electrons. The number of aliphatic imine (C=N–C) groups is 1. The Balaban J connectivity index is 0.00000363. The molecule has 1 N–H and O–H groups in total. The topological polar surface area (TPSA) is 49.3 Å². The van der Waals surface area contributed by atoms with Gasteiger partial charge < -0.3 is 19.7 Å².